The van der Waals surface area contributed by atoms with Crippen LogP contribution in [0.25, 0.3) is 0 Å². The number of alkyl halides is 3. The van der Waals surface area contributed by atoms with E-state index < -0.39 is 11.7 Å². The standard InChI is InChI=1S/C29H37F3N2O4/c1-36-26-12-11-20(14-27(26)37-2)16-34-17-21(19-38-25-10-6-7-23(15-25)29(30,31)32)13-22(18-34)28(35)33-24-8-4-3-5-9-24/h6-7,10-12,14-15,21-22,24H,3-5,8-9,13,16-19H2,1-2H3,(H,33,35)/t21-,22+/m0/s1. The number of rotatable bonds is 9. The van der Waals surface area contributed by atoms with E-state index in [-0.39, 0.29) is 36.1 Å². The van der Waals surface area contributed by atoms with E-state index in [9.17, 15) is 18.0 Å². The van der Waals surface area contributed by atoms with E-state index in [0.717, 1.165) is 43.4 Å². The number of piperidine rings is 1. The van der Waals surface area contributed by atoms with Gasteiger partial charge >= 0.3 is 6.18 Å². The topological polar surface area (TPSA) is 60.0 Å². The molecule has 0 spiro atoms. The molecule has 1 heterocycles. The number of carbonyl (C=O) groups excluding carboxylic acids is 1. The lowest BCUT2D eigenvalue weighted by Crippen LogP contribution is -2.49. The summed E-state index contributed by atoms with van der Waals surface area (Å²) in [7, 11) is 3.18. The highest BCUT2D eigenvalue weighted by molar-refractivity contribution is 5.79. The van der Waals surface area contributed by atoms with Crippen molar-refractivity contribution in [1.82, 2.24) is 10.2 Å². The van der Waals surface area contributed by atoms with Crippen LogP contribution < -0.4 is 19.5 Å². The first-order valence-corrected chi connectivity index (χ1v) is 13.3. The fraction of sp³-hybridized carbons (Fsp3) is 0.552. The number of amides is 1. The molecule has 1 amide bonds. The average molecular weight is 535 g/mol. The summed E-state index contributed by atoms with van der Waals surface area (Å²) < 4.78 is 56.0. The molecule has 2 aromatic rings. The Kier molecular flexibility index (Phi) is 9.41. The monoisotopic (exact) mass is 534 g/mol. The minimum atomic E-state index is -4.43. The van der Waals surface area contributed by atoms with Crippen LogP contribution in [0.3, 0.4) is 0 Å². The lowest BCUT2D eigenvalue weighted by atomic mass is 9.87. The van der Waals surface area contributed by atoms with Crippen molar-refractivity contribution < 1.29 is 32.2 Å². The van der Waals surface area contributed by atoms with Crippen molar-refractivity contribution in [2.24, 2.45) is 11.8 Å². The second kappa shape index (κ2) is 12.7. The lowest BCUT2D eigenvalue weighted by Gasteiger charge is -2.38. The van der Waals surface area contributed by atoms with Gasteiger partial charge in [0.1, 0.15) is 5.75 Å². The molecule has 1 N–H and O–H groups in total. The zero-order chi connectivity index (χ0) is 27.1. The zero-order valence-corrected chi connectivity index (χ0v) is 22.1. The number of likely N-dealkylation sites (tertiary alicyclic amines) is 1. The highest BCUT2D eigenvalue weighted by Gasteiger charge is 2.34. The molecule has 2 aliphatic rings. The van der Waals surface area contributed by atoms with Crippen molar-refractivity contribution in [3.05, 3.63) is 53.6 Å². The summed E-state index contributed by atoms with van der Waals surface area (Å²) in [5.41, 5.74) is 0.284. The molecule has 208 valence electrons. The predicted molar refractivity (Wildman–Crippen MR) is 138 cm³/mol. The van der Waals surface area contributed by atoms with E-state index in [1.54, 1.807) is 14.2 Å². The minimum Gasteiger partial charge on any atom is -0.493 e. The highest BCUT2D eigenvalue weighted by Crippen LogP contribution is 2.33. The molecule has 38 heavy (non-hydrogen) atoms. The molecular weight excluding hydrogens is 497 g/mol. The van der Waals surface area contributed by atoms with E-state index in [1.807, 2.05) is 18.2 Å². The van der Waals surface area contributed by atoms with Gasteiger partial charge in [-0.1, -0.05) is 31.4 Å². The van der Waals surface area contributed by atoms with Crippen LogP contribution in [0.1, 0.15) is 49.7 Å². The van der Waals surface area contributed by atoms with Crippen LogP contribution in [0.15, 0.2) is 42.5 Å². The summed E-state index contributed by atoms with van der Waals surface area (Å²) in [6.07, 6.45) is 1.70. The first-order chi connectivity index (χ1) is 18.2. The third-order valence-corrected chi connectivity index (χ3v) is 7.44. The molecule has 0 aromatic heterocycles. The molecule has 0 unspecified atom stereocenters. The number of methoxy groups -OCH3 is 2. The number of halogens is 3. The minimum absolute atomic E-state index is 0.0134. The second-order valence-corrected chi connectivity index (χ2v) is 10.4. The Labute approximate surface area is 222 Å². The number of hydrogen-bond acceptors (Lipinski definition) is 5. The molecule has 9 heteroatoms. The van der Waals surface area contributed by atoms with Gasteiger partial charge in [0, 0.05) is 31.6 Å². The van der Waals surface area contributed by atoms with Crippen LogP contribution in [-0.4, -0.2) is 50.8 Å². The van der Waals surface area contributed by atoms with Gasteiger partial charge in [-0.25, -0.2) is 0 Å². The Hall–Kier alpha value is -2.94. The number of nitrogens with zero attached hydrogens (tertiary/aromatic N) is 1. The maximum Gasteiger partial charge on any atom is 0.416 e. The number of hydrogen-bond donors (Lipinski definition) is 1. The Morgan fingerprint density at radius 2 is 1.76 bits per heavy atom. The van der Waals surface area contributed by atoms with Gasteiger partial charge in [-0.2, -0.15) is 13.2 Å². The summed E-state index contributed by atoms with van der Waals surface area (Å²) in [5, 5.41) is 3.26. The summed E-state index contributed by atoms with van der Waals surface area (Å²) in [6.45, 7) is 2.11. The molecule has 0 bridgehead atoms. The molecule has 1 saturated heterocycles. The van der Waals surface area contributed by atoms with E-state index >= 15 is 0 Å². The summed E-state index contributed by atoms with van der Waals surface area (Å²) >= 11 is 0. The number of benzene rings is 2. The fourth-order valence-corrected chi connectivity index (χ4v) is 5.52. The smallest absolute Gasteiger partial charge is 0.416 e. The molecule has 1 aliphatic carbocycles. The van der Waals surface area contributed by atoms with Gasteiger partial charge in [-0.05, 0) is 55.2 Å². The first kappa shape index (κ1) is 28.1. The number of carbonyl (C=O) groups is 1. The van der Waals surface area contributed by atoms with Gasteiger partial charge in [0.2, 0.25) is 5.91 Å². The van der Waals surface area contributed by atoms with Gasteiger partial charge in [-0.3, -0.25) is 9.69 Å². The Morgan fingerprint density at radius 3 is 2.47 bits per heavy atom. The van der Waals surface area contributed by atoms with Crippen LogP contribution in [0.2, 0.25) is 0 Å². The van der Waals surface area contributed by atoms with Crippen LogP contribution in [0, 0.1) is 11.8 Å². The number of ether oxygens (including phenoxy) is 3. The summed E-state index contributed by atoms with van der Waals surface area (Å²) in [6, 6.07) is 10.9. The van der Waals surface area contributed by atoms with Crippen LogP contribution in [0.4, 0.5) is 13.2 Å². The Morgan fingerprint density at radius 1 is 1.00 bits per heavy atom. The van der Waals surface area contributed by atoms with E-state index in [4.69, 9.17) is 14.2 Å². The molecule has 2 aromatic carbocycles. The predicted octanol–water partition coefficient (Wildman–Crippen LogP) is 5.69. The molecule has 6 nitrogen and oxygen atoms in total. The average Bonchev–Trinajstić information content (AvgIpc) is 2.92. The molecule has 1 aliphatic heterocycles. The SMILES string of the molecule is COc1ccc(CN2C[C@@H](COc3cccc(C(F)(F)F)c3)C[C@@H](C(=O)NC3CCCCC3)C2)cc1OC. The van der Waals surface area contributed by atoms with E-state index in [2.05, 4.69) is 10.2 Å². The van der Waals surface area contributed by atoms with Crippen molar-refractivity contribution in [2.45, 2.75) is 57.3 Å². The van der Waals surface area contributed by atoms with Crippen molar-refractivity contribution in [2.75, 3.05) is 33.9 Å². The van der Waals surface area contributed by atoms with Crippen LogP contribution in [0.5, 0.6) is 17.2 Å². The maximum atomic E-state index is 13.3. The summed E-state index contributed by atoms with van der Waals surface area (Å²) in [5.74, 6) is 1.28. The van der Waals surface area contributed by atoms with Crippen molar-refractivity contribution >= 4 is 5.91 Å². The molecular formula is C29H37F3N2O4. The maximum absolute atomic E-state index is 13.3. The molecule has 0 radical (unpaired) electrons. The van der Waals surface area contributed by atoms with Gasteiger partial charge in [0.15, 0.2) is 11.5 Å². The first-order valence-electron chi connectivity index (χ1n) is 13.3. The van der Waals surface area contributed by atoms with Gasteiger partial charge in [-0.15, -0.1) is 0 Å². The lowest BCUT2D eigenvalue weighted by molar-refractivity contribution is -0.137. The largest absolute Gasteiger partial charge is 0.493 e. The number of nitrogens with one attached hydrogen (secondary N) is 1. The second-order valence-electron chi connectivity index (χ2n) is 10.4. The third kappa shape index (κ3) is 7.56. The highest BCUT2D eigenvalue weighted by atomic mass is 19.4. The zero-order valence-electron chi connectivity index (χ0n) is 22.1. The quantitative estimate of drug-likeness (QED) is 0.448. The van der Waals surface area contributed by atoms with E-state index in [0.29, 0.717) is 37.6 Å². The normalized spacial score (nSPS) is 21.1. The van der Waals surface area contributed by atoms with Crippen molar-refractivity contribution in [3.63, 3.8) is 0 Å². The van der Waals surface area contributed by atoms with Gasteiger partial charge in [0.05, 0.1) is 32.3 Å². The van der Waals surface area contributed by atoms with Crippen molar-refractivity contribution in [1.29, 1.82) is 0 Å². The van der Waals surface area contributed by atoms with Crippen LogP contribution in [-0.2, 0) is 17.5 Å². The van der Waals surface area contributed by atoms with Crippen LogP contribution >= 0.6 is 0 Å². The van der Waals surface area contributed by atoms with Crippen molar-refractivity contribution in [3.8, 4) is 17.2 Å². The van der Waals surface area contributed by atoms with Gasteiger partial charge < -0.3 is 19.5 Å². The molecule has 4 rings (SSSR count). The molecule has 1 saturated carbocycles. The Balaban J connectivity index is 1.46. The Bertz CT molecular complexity index is 1070. The summed E-state index contributed by atoms with van der Waals surface area (Å²) in [4.78, 5) is 15.5. The third-order valence-electron chi connectivity index (χ3n) is 7.44. The van der Waals surface area contributed by atoms with Gasteiger partial charge in [0.25, 0.3) is 0 Å². The molecule has 2 fully saturated rings. The fourth-order valence-electron chi connectivity index (χ4n) is 5.52. The van der Waals surface area contributed by atoms with E-state index in [1.165, 1.54) is 18.6 Å². The molecule has 2 atom stereocenters.